The van der Waals surface area contributed by atoms with Gasteiger partial charge < -0.3 is 3.53 Å². The summed E-state index contributed by atoms with van der Waals surface area (Å²) in [6, 6.07) is 0. The Hall–Kier alpha value is 0.270. The Morgan fingerprint density at radius 3 is 2.40 bits per heavy atom. The second-order valence-corrected chi connectivity index (χ2v) is 1.23. The number of allylic oxidation sites excluding steroid dienone is 1. The predicted octanol–water partition coefficient (Wildman–Crippen LogP) is 1.46. The van der Waals surface area contributed by atoms with Gasteiger partial charge in [-0.05, 0) is 6.92 Å². The quantitative estimate of drug-likeness (QED) is 0.479. The molecule has 0 aromatic heterocycles. The molecular formula is C3H6IN. The van der Waals surface area contributed by atoms with E-state index in [4.69, 9.17) is 0 Å². The van der Waals surface area contributed by atoms with Gasteiger partial charge in [0.2, 0.25) is 0 Å². The third-order valence-electron chi connectivity index (χ3n) is 0.230. The van der Waals surface area contributed by atoms with Crippen LogP contribution in [0.4, 0.5) is 0 Å². The SMILES string of the molecule is CC=CNI. The topological polar surface area (TPSA) is 12.0 Å². The highest BCUT2D eigenvalue weighted by molar-refractivity contribution is 14.1. The average Bonchev–Trinajstić information content (AvgIpc) is 1.41. The molecule has 1 N–H and O–H groups in total. The summed E-state index contributed by atoms with van der Waals surface area (Å²) in [4.78, 5) is 0. The highest BCUT2D eigenvalue weighted by atomic mass is 127. The summed E-state index contributed by atoms with van der Waals surface area (Å²) in [5.41, 5.74) is 0. The van der Waals surface area contributed by atoms with E-state index in [9.17, 15) is 0 Å². The first-order valence-electron chi connectivity index (χ1n) is 1.39. The minimum absolute atomic E-state index is 1.86. The molecule has 1 nitrogen and oxygen atoms in total. The fourth-order valence-corrected chi connectivity index (χ4v) is 0.423. The van der Waals surface area contributed by atoms with Crippen molar-refractivity contribution in [2.24, 2.45) is 0 Å². The zero-order valence-corrected chi connectivity index (χ0v) is 5.19. The lowest BCUT2D eigenvalue weighted by atomic mass is 10.7. The van der Waals surface area contributed by atoms with E-state index in [1.54, 1.807) is 0 Å². The van der Waals surface area contributed by atoms with Crippen molar-refractivity contribution < 1.29 is 0 Å². The zero-order chi connectivity index (χ0) is 4.12. The second-order valence-electron chi connectivity index (χ2n) is 0.609. The van der Waals surface area contributed by atoms with Gasteiger partial charge in [0.05, 0.1) is 22.9 Å². The normalized spacial score (nSPS) is 9.20. The Balaban J connectivity index is 2.62. The number of halogens is 1. The molecule has 0 aromatic rings. The molecule has 5 heavy (non-hydrogen) atoms. The third-order valence-corrected chi connectivity index (χ3v) is 0.589. The van der Waals surface area contributed by atoms with Crippen LogP contribution < -0.4 is 3.53 Å². The van der Waals surface area contributed by atoms with E-state index in [-0.39, 0.29) is 0 Å². The van der Waals surface area contributed by atoms with E-state index in [2.05, 4.69) is 26.4 Å². The molecule has 0 heterocycles. The number of rotatable bonds is 1. The summed E-state index contributed by atoms with van der Waals surface area (Å²) < 4.78 is 2.81. The summed E-state index contributed by atoms with van der Waals surface area (Å²) in [5, 5.41) is 0. The van der Waals surface area contributed by atoms with Crippen molar-refractivity contribution in [3.63, 3.8) is 0 Å². The summed E-state index contributed by atoms with van der Waals surface area (Å²) in [5.74, 6) is 0. The minimum Gasteiger partial charge on any atom is -0.335 e. The fraction of sp³-hybridized carbons (Fsp3) is 0.333. The molecule has 30 valence electrons. The van der Waals surface area contributed by atoms with Gasteiger partial charge >= 0.3 is 0 Å². The maximum atomic E-state index is 2.81. The van der Waals surface area contributed by atoms with Crippen molar-refractivity contribution in [2.75, 3.05) is 0 Å². The lowest BCUT2D eigenvalue weighted by molar-refractivity contribution is 1.46. The van der Waals surface area contributed by atoms with Crippen LogP contribution in [-0.4, -0.2) is 0 Å². The zero-order valence-electron chi connectivity index (χ0n) is 3.03. The average molecular weight is 183 g/mol. The van der Waals surface area contributed by atoms with Gasteiger partial charge in [0.25, 0.3) is 0 Å². The molecule has 0 unspecified atom stereocenters. The highest BCUT2D eigenvalue weighted by Crippen LogP contribution is 1.67. The first-order chi connectivity index (χ1) is 2.41. The van der Waals surface area contributed by atoms with Gasteiger partial charge in [-0.1, -0.05) is 6.08 Å². The first kappa shape index (κ1) is 5.27. The lowest BCUT2D eigenvalue weighted by Gasteiger charge is -1.71. The van der Waals surface area contributed by atoms with Crippen LogP contribution in [0.2, 0.25) is 0 Å². The van der Waals surface area contributed by atoms with Crippen LogP contribution >= 0.6 is 22.9 Å². The van der Waals surface area contributed by atoms with E-state index in [0.29, 0.717) is 0 Å². The van der Waals surface area contributed by atoms with Crippen molar-refractivity contribution in [3.8, 4) is 0 Å². The van der Waals surface area contributed by atoms with Gasteiger partial charge in [-0.15, -0.1) is 0 Å². The molecule has 2 heteroatoms. The molecule has 0 aliphatic heterocycles. The predicted molar refractivity (Wildman–Crippen MR) is 32.0 cm³/mol. The van der Waals surface area contributed by atoms with Crippen LogP contribution in [0, 0.1) is 0 Å². The third kappa shape index (κ3) is 4.27. The second kappa shape index (κ2) is 4.27. The Bertz CT molecular complexity index is 33.9. The molecule has 0 aliphatic rings. The molecule has 0 atom stereocenters. The standard InChI is InChI=1S/C3H6IN/c1-2-3-5-4/h2-3,5H,1H3. The smallest absolute Gasteiger partial charge is 0.0555 e. The van der Waals surface area contributed by atoms with Crippen LogP contribution in [-0.2, 0) is 0 Å². The van der Waals surface area contributed by atoms with Crippen LogP contribution in [0.5, 0.6) is 0 Å². The Labute approximate surface area is 45.9 Å². The van der Waals surface area contributed by atoms with E-state index >= 15 is 0 Å². The monoisotopic (exact) mass is 183 g/mol. The van der Waals surface area contributed by atoms with Gasteiger partial charge in [0.1, 0.15) is 0 Å². The summed E-state index contributed by atoms with van der Waals surface area (Å²) in [6.07, 6.45) is 3.80. The van der Waals surface area contributed by atoms with E-state index < -0.39 is 0 Å². The number of nitrogens with one attached hydrogen (secondary N) is 1. The van der Waals surface area contributed by atoms with Crippen molar-refractivity contribution >= 4 is 22.9 Å². The Morgan fingerprint density at radius 1 is 1.80 bits per heavy atom. The molecule has 0 amide bonds. The summed E-state index contributed by atoms with van der Waals surface area (Å²) in [6.45, 7) is 1.96. The maximum absolute atomic E-state index is 2.81. The minimum atomic E-state index is 1.86. The molecule has 0 saturated carbocycles. The van der Waals surface area contributed by atoms with Gasteiger partial charge in [-0.2, -0.15) is 0 Å². The number of hydrogen-bond acceptors (Lipinski definition) is 1. The van der Waals surface area contributed by atoms with Gasteiger partial charge in [-0.25, -0.2) is 0 Å². The first-order valence-corrected chi connectivity index (χ1v) is 2.47. The summed E-state index contributed by atoms with van der Waals surface area (Å²) in [7, 11) is 0. The maximum Gasteiger partial charge on any atom is 0.0555 e. The molecule has 0 spiro atoms. The van der Waals surface area contributed by atoms with E-state index in [1.807, 2.05) is 19.2 Å². The highest BCUT2D eigenvalue weighted by Gasteiger charge is 1.48. The Kier molecular flexibility index (Phi) is 4.50. The molecule has 0 bridgehead atoms. The Morgan fingerprint density at radius 2 is 2.40 bits per heavy atom. The molecule has 0 radical (unpaired) electrons. The number of hydrogen-bond donors (Lipinski definition) is 1. The van der Waals surface area contributed by atoms with Crippen molar-refractivity contribution in [3.05, 3.63) is 12.3 Å². The van der Waals surface area contributed by atoms with E-state index in [0.717, 1.165) is 0 Å². The van der Waals surface area contributed by atoms with E-state index in [1.165, 1.54) is 0 Å². The molecule has 0 saturated heterocycles. The summed E-state index contributed by atoms with van der Waals surface area (Å²) >= 11 is 2.05. The van der Waals surface area contributed by atoms with Gasteiger partial charge in [0.15, 0.2) is 0 Å². The van der Waals surface area contributed by atoms with Crippen LogP contribution in [0.15, 0.2) is 12.3 Å². The van der Waals surface area contributed by atoms with Crippen LogP contribution in [0.25, 0.3) is 0 Å². The fourth-order valence-electron chi connectivity index (χ4n) is 0.0630. The largest absolute Gasteiger partial charge is 0.335 e. The van der Waals surface area contributed by atoms with Crippen molar-refractivity contribution in [1.82, 2.24) is 3.53 Å². The van der Waals surface area contributed by atoms with Crippen LogP contribution in [0.3, 0.4) is 0 Å². The molecule has 0 rings (SSSR count). The van der Waals surface area contributed by atoms with Gasteiger partial charge in [0, 0.05) is 6.20 Å². The van der Waals surface area contributed by atoms with Crippen LogP contribution in [0.1, 0.15) is 6.92 Å². The molecular weight excluding hydrogens is 177 g/mol. The molecule has 0 fully saturated rings. The van der Waals surface area contributed by atoms with Crippen molar-refractivity contribution in [2.45, 2.75) is 6.92 Å². The van der Waals surface area contributed by atoms with Gasteiger partial charge in [-0.3, -0.25) is 0 Å². The molecule has 0 aromatic carbocycles. The van der Waals surface area contributed by atoms with Crippen molar-refractivity contribution in [1.29, 1.82) is 0 Å². The lowest BCUT2D eigenvalue weighted by Crippen LogP contribution is -1.74. The molecule has 0 aliphatic carbocycles.